The van der Waals surface area contributed by atoms with Crippen molar-refractivity contribution in [3.05, 3.63) is 42.2 Å². The molecule has 0 spiro atoms. The molecule has 4 N–H and O–H groups in total. The van der Waals surface area contributed by atoms with Gasteiger partial charge in [0.15, 0.2) is 0 Å². The lowest BCUT2D eigenvalue weighted by Gasteiger charge is -2.30. The van der Waals surface area contributed by atoms with Crippen LogP contribution in [0.25, 0.3) is 11.3 Å². The molecule has 1 aliphatic rings. The highest BCUT2D eigenvalue weighted by atomic mass is 16.3. The molecular weight excluding hydrogens is 294 g/mol. The Labute approximate surface area is 134 Å². The number of nitrogens with zero attached hydrogens (tertiary/aromatic N) is 3. The number of hydrogen-bond donors (Lipinski definition) is 3. The van der Waals surface area contributed by atoms with Gasteiger partial charge < -0.3 is 10.0 Å². The van der Waals surface area contributed by atoms with Gasteiger partial charge in [0.1, 0.15) is 5.82 Å². The number of nitrogen functional groups attached to an aromatic ring is 1. The minimum atomic E-state index is -0.527. The number of nitrogens with two attached hydrogens (primary N) is 1. The Morgan fingerprint density at radius 2 is 1.91 bits per heavy atom. The van der Waals surface area contributed by atoms with Crippen LogP contribution in [0.15, 0.2) is 36.4 Å². The second kappa shape index (κ2) is 6.72. The lowest BCUT2D eigenvalue weighted by atomic mass is 10.1. The van der Waals surface area contributed by atoms with Crippen molar-refractivity contribution in [1.82, 2.24) is 15.4 Å². The van der Waals surface area contributed by atoms with E-state index in [0.717, 1.165) is 5.56 Å². The van der Waals surface area contributed by atoms with Crippen LogP contribution in [0.3, 0.4) is 0 Å². The zero-order valence-corrected chi connectivity index (χ0v) is 12.6. The number of anilines is 1. The third-order valence-corrected chi connectivity index (χ3v) is 3.90. The smallest absolute Gasteiger partial charge is 0.303 e. The summed E-state index contributed by atoms with van der Waals surface area (Å²) in [6.45, 7) is 1.38. The Bertz CT molecular complexity index is 684. The Balaban J connectivity index is 2.00. The van der Waals surface area contributed by atoms with Crippen molar-refractivity contribution in [2.45, 2.75) is 18.9 Å². The summed E-state index contributed by atoms with van der Waals surface area (Å²) in [5.41, 5.74) is 3.64. The van der Waals surface area contributed by atoms with Crippen molar-refractivity contribution in [2.75, 3.05) is 18.0 Å². The number of piperidine rings is 1. The van der Waals surface area contributed by atoms with Crippen molar-refractivity contribution >= 4 is 11.7 Å². The van der Waals surface area contributed by atoms with E-state index in [2.05, 4.69) is 15.4 Å². The molecule has 2 heterocycles. The summed E-state index contributed by atoms with van der Waals surface area (Å²) in [6, 6.07) is 11.5. The lowest BCUT2D eigenvalue weighted by Crippen LogP contribution is -2.37. The van der Waals surface area contributed by atoms with E-state index in [1.165, 1.54) is 0 Å². The van der Waals surface area contributed by atoms with Gasteiger partial charge in [-0.3, -0.25) is 10.2 Å². The summed E-state index contributed by atoms with van der Waals surface area (Å²) in [4.78, 5) is 22.5. The van der Waals surface area contributed by atoms with Crippen LogP contribution < -0.4 is 16.2 Å². The minimum absolute atomic E-state index is 0.0370. The molecule has 2 aromatic rings. The van der Waals surface area contributed by atoms with Crippen molar-refractivity contribution in [1.29, 1.82) is 0 Å². The monoisotopic (exact) mass is 313 g/mol. The van der Waals surface area contributed by atoms with Crippen LogP contribution in [0, 0.1) is 0 Å². The van der Waals surface area contributed by atoms with Gasteiger partial charge in [0.05, 0.1) is 11.8 Å². The quantitative estimate of drug-likeness (QED) is 0.438. The first-order valence-electron chi connectivity index (χ1n) is 7.56. The number of hydrazine groups is 1. The van der Waals surface area contributed by atoms with Crippen LogP contribution in [0.1, 0.15) is 23.5 Å². The van der Waals surface area contributed by atoms with Crippen LogP contribution in [0.4, 0.5) is 5.82 Å². The van der Waals surface area contributed by atoms with Gasteiger partial charge in [0.2, 0.25) is 5.82 Å². The molecule has 0 bridgehead atoms. The molecule has 1 amide bonds. The fourth-order valence-corrected chi connectivity index (χ4v) is 2.61. The van der Waals surface area contributed by atoms with E-state index in [0.29, 0.717) is 37.4 Å². The molecule has 1 aliphatic heterocycles. The summed E-state index contributed by atoms with van der Waals surface area (Å²) >= 11 is 0. The number of hydrogen-bond acceptors (Lipinski definition) is 6. The molecule has 1 aromatic heterocycles. The minimum Gasteiger partial charge on any atom is -0.393 e. The first kappa shape index (κ1) is 15.4. The average molecular weight is 313 g/mol. The van der Waals surface area contributed by atoms with Gasteiger partial charge in [-0.25, -0.2) is 15.8 Å². The second-order valence-corrected chi connectivity index (χ2v) is 5.49. The van der Waals surface area contributed by atoms with Gasteiger partial charge in [-0.2, -0.15) is 0 Å². The first-order valence-corrected chi connectivity index (χ1v) is 7.56. The molecule has 1 aromatic carbocycles. The second-order valence-electron chi connectivity index (χ2n) is 5.49. The topological polar surface area (TPSA) is 104 Å². The zero-order chi connectivity index (χ0) is 16.2. The molecule has 120 valence electrons. The van der Waals surface area contributed by atoms with E-state index in [9.17, 15) is 9.90 Å². The molecule has 0 unspecified atom stereocenters. The number of benzene rings is 1. The van der Waals surface area contributed by atoms with Crippen molar-refractivity contribution < 1.29 is 9.90 Å². The molecule has 1 fully saturated rings. The SMILES string of the molecule is NNC(=O)c1nc(-c2ccccc2)cc(N2CCC(O)CC2)n1. The number of nitrogens with one attached hydrogen (secondary N) is 1. The third-order valence-electron chi connectivity index (χ3n) is 3.90. The number of rotatable bonds is 3. The molecule has 0 aliphatic carbocycles. The zero-order valence-electron chi connectivity index (χ0n) is 12.6. The maximum absolute atomic E-state index is 11.9. The average Bonchev–Trinajstić information content (AvgIpc) is 2.62. The van der Waals surface area contributed by atoms with E-state index >= 15 is 0 Å². The Kier molecular flexibility index (Phi) is 4.50. The fourth-order valence-electron chi connectivity index (χ4n) is 2.61. The van der Waals surface area contributed by atoms with E-state index in [-0.39, 0.29) is 11.9 Å². The summed E-state index contributed by atoms with van der Waals surface area (Å²) in [5, 5.41) is 9.65. The number of aliphatic hydroxyl groups is 1. The summed E-state index contributed by atoms with van der Waals surface area (Å²) < 4.78 is 0. The largest absolute Gasteiger partial charge is 0.393 e. The number of aliphatic hydroxyl groups excluding tert-OH is 1. The van der Waals surface area contributed by atoms with E-state index < -0.39 is 5.91 Å². The maximum atomic E-state index is 11.9. The molecule has 7 nitrogen and oxygen atoms in total. The third kappa shape index (κ3) is 3.46. The molecule has 7 heteroatoms. The highest BCUT2D eigenvalue weighted by Gasteiger charge is 2.21. The summed E-state index contributed by atoms with van der Waals surface area (Å²) in [6.07, 6.45) is 1.10. The van der Waals surface area contributed by atoms with Gasteiger partial charge >= 0.3 is 5.91 Å². The van der Waals surface area contributed by atoms with Crippen molar-refractivity contribution in [2.24, 2.45) is 5.84 Å². The predicted octanol–water partition coefficient (Wildman–Crippen LogP) is 0.708. The van der Waals surface area contributed by atoms with Crippen LogP contribution in [0.2, 0.25) is 0 Å². The molecule has 0 radical (unpaired) electrons. The standard InChI is InChI=1S/C16H19N5O2/c17-20-16(23)15-18-13(11-4-2-1-3-5-11)10-14(19-15)21-8-6-12(22)7-9-21/h1-5,10,12,22H,6-9,17H2,(H,20,23). The highest BCUT2D eigenvalue weighted by molar-refractivity contribution is 5.91. The Morgan fingerprint density at radius 3 is 2.57 bits per heavy atom. The molecule has 1 saturated heterocycles. The van der Waals surface area contributed by atoms with Crippen LogP contribution >= 0.6 is 0 Å². The molecule has 0 atom stereocenters. The number of carbonyl (C=O) groups is 1. The van der Waals surface area contributed by atoms with E-state index in [1.807, 2.05) is 41.3 Å². The van der Waals surface area contributed by atoms with Crippen LogP contribution in [-0.2, 0) is 0 Å². The molecule has 0 saturated carbocycles. The maximum Gasteiger partial charge on any atom is 0.303 e. The molecule has 23 heavy (non-hydrogen) atoms. The Morgan fingerprint density at radius 1 is 1.22 bits per heavy atom. The normalized spacial score (nSPS) is 15.5. The highest BCUT2D eigenvalue weighted by Crippen LogP contribution is 2.24. The van der Waals surface area contributed by atoms with Crippen molar-refractivity contribution in [3.63, 3.8) is 0 Å². The first-order chi connectivity index (χ1) is 11.2. The number of carbonyl (C=O) groups excluding carboxylic acids is 1. The molecular formula is C16H19N5O2. The Hall–Kier alpha value is -2.51. The molecule has 3 rings (SSSR count). The van der Waals surface area contributed by atoms with Gasteiger partial charge in [-0.1, -0.05) is 30.3 Å². The van der Waals surface area contributed by atoms with Crippen LogP contribution in [0.5, 0.6) is 0 Å². The van der Waals surface area contributed by atoms with Gasteiger partial charge in [-0.05, 0) is 12.8 Å². The van der Waals surface area contributed by atoms with Gasteiger partial charge in [0.25, 0.3) is 0 Å². The fraction of sp³-hybridized carbons (Fsp3) is 0.312. The summed E-state index contributed by atoms with van der Waals surface area (Å²) in [7, 11) is 0. The number of aromatic nitrogens is 2. The van der Waals surface area contributed by atoms with Crippen LogP contribution in [-0.4, -0.2) is 40.2 Å². The number of amides is 1. The van der Waals surface area contributed by atoms with Gasteiger partial charge in [-0.15, -0.1) is 0 Å². The van der Waals surface area contributed by atoms with Gasteiger partial charge in [0, 0.05) is 24.7 Å². The lowest BCUT2D eigenvalue weighted by molar-refractivity contribution is 0.0943. The van der Waals surface area contributed by atoms with E-state index in [1.54, 1.807) is 0 Å². The predicted molar refractivity (Wildman–Crippen MR) is 86.6 cm³/mol. The summed E-state index contributed by atoms with van der Waals surface area (Å²) in [5.74, 6) is 5.39. The van der Waals surface area contributed by atoms with E-state index in [4.69, 9.17) is 5.84 Å². The van der Waals surface area contributed by atoms with Crippen molar-refractivity contribution in [3.8, 4) is 11.3 Å².